The first kappa shape index (κ1) is 16.8. The lowest BCUT2D eigenvalue weighted by Gasteiger charge is -2.22. The van der Waals surface area contributed by atoms with Crippen LogP contribution in [0, 0.1) is 5.92 Å². The van der Waals surface area contributed by atoms with Crippen LogP contribution >= 0.6 is 27.5 Å². The van der Waals surface area contributed by atoms with E-state index in [-0.39, 0.29) is 0 Å². The van der Waals surface area contributed by atoms with Crippen LogP contribution in [0.15, 0.2) is 34.0 Å². The van der Waals surface area contributed by atoms with Crippen LogP contribution in [-0.2, 0) is 4.74 Å². The van der Waals surface area contributed by atoms with Crippen molar-refractivity contribution in [2.75, 3.05) is 6.61 Å². The van der Waals surface area contributed by atoms with Crippen LogP contribution in [0.5, 0.6) is 0 Å². The van der Waals surface area contributed by atoms with E-state index in [1.807, 2.05) is 6.08 Å². The Hall–Kier alpha value is -0.210. The third-order valence-corrected chi connectivity index (χ3v) is 4.29. The van der Waals surface area contributed by atoms with Crippen molar-refractivity contribution in [3.05, 3.63) is 34.0 Å². The lowest BCUT2D eigenvalue weighted by molar-refractivity contribution is 0.135. The van der Waals surface area contributed by atoms with Crippen LogP contribution < -0.4 is 0 Å². The molecule has 0 heterocycles. The van der Waals surface area contributed by atoms with Gasteiger partial charge in [0.2, 0.25) is 0 Å². The largest absolute Gasteiger partial charge is 0.496 e. The monoisotopic (exact) mass is 346 g/mol. The summed E-state index contributed by atoms with van der Waals surface area (Å²) in [5.74, 6) is 1.62. The average molecular weight is 348 g/mol. The molecule has 1 aliphatic rings. The lowest BCUT2D eigenvalue weighted by atomic mass is 9.90. The van der Waals surface area contributed by atoms with E-state index in [2.05, 4.69) is 29.4 Å². The van der Waals surface area contributed by atoms with Crippen molar-refractivity contribution >= 4 is 27.5 Å². The van der Waals surface area contributed by atoms with Crippen LogP contribution in [0.3, 0.4) is 0 Å². The highest BCUT2D eigenvalue weighted by atomic mass is 79.9. The zero-order valence-electron chi connectivity index (χ0n) is 11.8. The van der Waals surface area contributed by atoms with Gasteiger partial charge in [-0.2, -0.15) is 0 Å². The van der Waals surface area contributed by atoms with E-state index in [4.69, 9.17) is 16.3 Å². The molecule has 0 atom stereocenters. The standard InChI is InChI=1S/C16H24BrClO/c1-3-8-16(15(18)11-14(17)4-2)19-12-13-9-6-5-7-10-13/h4,11,13H,2-3,5-10,12H2,1H3/b14-11+,16-15-. The Labute approximate surface area is 130 Å². The van der Waals surface area contributed by atoms with E-state index in [1.54, 1.807) is 6.08 Å². The molecular formula is C16H24BrClO. The Balaban J connectivity index is 2.60. The summed E-state index contributed by atoms with van der Waals surface area (Å²) in [5, 5.41) is 0.685. The number of ether oxygens (including phenoxy) is 1. The fourth-order valence-corrected chi connectivity index (χ4v) is 2.95. The van der Waals surface area contributed by atoms with E-state index in [0.717, 1.165) is 29.7 Å². The van der Waals surface area contributed by atoms with Crippen LogP contribution in [-0.4, -0.2) is 6.61 Å². The first-order valence-electron chi connectivity index (χ1n) is 7.18. The third kappa shape index (κ3) is 6.67. The van der Waals surface area contributed by atoms with E-state index in [0.29, 0.717) is 11.0 Å². The first-order valence-corrected chi connectivity index (χ1v) is 8.35. The van der Waals surface area contributed by atoms with Gasteiger partial charge in [0.1, 0.15) is 5.76 Å². The maximum absolute atomic E-state index is 6.32. The van der Waals surface area contributed by atoms with Crippen LogP contribution in [0.25, 0.3) is 0 Å². The zero-order chi connectivity index (χ0) is 14.1. The summed E-state index contributed by atoms with van der Waals surface area (Å²) in [5.41, 5.74) is 0. The highest BCUT2D eigenvalue weighted by molar-refractivity contribution is 9.11. The molecule has 1 aliphatic carbocycles. The van der Waals surface area contributed by atoms with Crippen LogP contribution in [0.2, 0.25) is 0 Å². The Kier molecular flexibility index (Phi) is 8.56. The Morgan fingerprint density at radius 2 is 2.05 bits per heavy atom. The van der Waals surface area contributed by atoms with Gasteiger partial charge in [-0.1, -0.05) is 66.4 Å². The predicted octanol–water partition coefficient (Wildman–Crippen LogP) is 6.30. The predicted molar refractivity (Wildman–Crippen MR) is 87.5 cm³/mol. The fourth-order valence-electron chi connectivity index (χ4n) is 2.32. The minimum Gasteiger partial charge on any atom is -0.496 e. The summed E-state index contributed by atoms with van der Waals surface area (Å²) in [6.07, 6.45) is 12.2. The van der Waals surface area contributed by atoms with Crippen molar-refractivity contribution in [2.24, 2.45) is 5.92 Å². The van der Waals surface area contributed by atoms with E-state index in [1.165, 1.54) is 32.1 Å². The van der Waals surface area contributed by atoms with Gasteiger partial charge in [-0.05, 0) is 31.3 Å². The molecule has 0 aromatic rings. The van der Waals surface area contributed by atoms with Crippen molar-refractivity contribution < 1.29 is 4.74 Å². The van der Waals surface area contributed by atoms with Crippen LogP contribution in [0.4, 0.5) is 0 Å². The molecule has 1 nitrogen and oxygen atoms in total. The van der Waals surface area contributed by atoms with Crippen molar-refractivity contribution in [1.82, 2.24) is 0 Å². The first-order chi connectivity index (χ1) is 9.17. The number of rotatable bonds is 7. The summed E-state index contributed by atoms with van der Waals surface area (Å²) in [7, 11) is 0. The second kappa shape index (κ2) is 9.66. The Morgan fingerprint density at radius 1 is 1.37 bits per heavy atom. The molecule has 0 bridgehead atoms. The maximum Gasteiger partial charge on any atom is 0.115 e. The molecule has 0 amide bonds. The van der Waals surface area contributed by atoms with Crippen molar-refractivity contribution in [3.8, 4) is 0 Å². The van der Waals surface area contributed by atoms with Gasteiger partial charge in [-0.15, -0.1) is 0 Å². The topological polar surface area (TPSA) is 9.23 Å². The molecule has 1 saturated carbocycles. The van der Waals surface area contributed by atoms with Gasteiger partial charge in [0.25, 0.3) is 0 Å². The smallest absolute Gasteiger partial charge is 0.115 e. The molecule has 3 heteroatoms. The van der Waals surface area contributed by atoms with Gasteiger partial charge in [0.15, 0.2) is 0 Å². The minimum absolute atomic E-state index is 0.685. The molecule has 0 radical (unpaired) electrons. The summed E-state index contributed by atoms with van der Waals surface area (Å²) in [4.78, 5) is 0. The summed E-state index contributed by atoms with van der Waals surface area (Å²) >= 11 is 9.71. The molecule has 0 unspecified atom stereocenters. The second-order valence-corrected chi connectivity index (χ2v) is 6.39. The van der Waals surface area contributed by atoms with E-state index in [9.17, 15) is 0 Å². The minimum atomic E-state index is 0.685. The fraction of sp³-hybridized carbons (Fsp3) is 0.625. The molecule has 1 rings (SSSR count). The van der Waals surface area contributed by atoms with Gasteiger partial charge < -0.3 is 4.74 Å². The molecule has 0 aromatic carbocycles. The summed E-state index contributed by atoms with van der Waals surface area (Å²) in [6.45, 7) is 6.65. The molecule has 0 N–H and O–H groups in total. The number of allylic oxidation sites excluding steroid dienone is 5. The average Bonchev–Trinajstić information content (AvgIpc) is 2.44. The van der Waals surface area contributed by atoms with Crippen molar-refractivity contribution in [1.29, 1.82) is 0 Å². The molecule has 0 aromatic heterocycles. The number of hydrogen-bond acceptors (Lipinski definition) is 1. The second-order valence-electron chi connectivity index (χ2n) is 5.07. The molecule has 1 fully saturated rings. The highest BCUT2D eigenvalue weighted by Gasteiger charge is 2.15. The van der Waals surface area contributed by atoms with Gasteiger partial charge in [-0.25, -0.2) is 0 Å². The molecule has 0 saturated heterocycles. The van der Waals surface area contributed by atoms with Crippen molar-refractivity contribution in [2.45, 2.75) is 51.9 Å². The van der Waals surface area contributed by atoms with Crippen LogP contribution in [0.1, 0.15) is 51.9 Å². The lowest BCUT2D eigenvalue weighted by Crippen LogP contribution is -2.13. The molecule has 0 spiro atoms. The van der Waals surface area contributed by atoms with Gasteiger partial charge in [0, 0.05) is 10.9 Å². The Morgan fingerprint density at radius 3 is 2.63 bits per heavy atom. The van der Waals surface area contributed by atoms with Gasteiger partial charge in [-0.3, -0.25) is 0 Å². The Bertz CT molecular complexity index is 341. The SMILES string of the molecule is C=C/C(Br)=C\C(Cl)=C(/CCC)OCC1CCCCC1. The van der Waals surface area contributed by atoms with Crippen molar-refractivity contribution in [3.63, 3.8) is 0 Å². The van der Waals surface area contributed by atoms with Gasteiger partial charge in [0.05, 0.1) is 11.6 Å². The molecule has 0 aliphatic heterocycles. The summed E-state index contributed by atoms with van der Waals surface area (Å²) in [6, 6.07) is 0. The highest BCUT2D eigenvalue weighted by Crippen LogP contribution is 2.27. The van der Waals surface area contributed by atoms with E-state index < -0.39 is 0 Å². The number of halogens is 2. The summed E-state index contributed by atoms with van der Waals surface area (Å²) < 4.78 is 6.86. The van der Waals surface area contributed by atoms with Gasteiger partial charge >= 0.3 is 0 Å². The number of hydrogen-bond donors (Lipinski definition) is 0. The third-order valence-electron chi connectivity index (χ3n) is 3.42. The maximum atomic E-state index is 6.32. The van der Waals surface area contributed by atoms with E-state index >= 15 is 0 Å². The zero-order valence-corrected chi connectivity index (χ0v) is 14.1. The molecule has 19 heavy (non-hydrogen) atoms. The molecular weight excluding hydrogens is 324 g/mol. The molecule has 108 valence electrons. The quantitative estimate of drug-likeness (QED) is 0.388. The normalized spacial score (nSPS) is 19.0.